The Kier molecular flexibility index (Phi) is 5.60. The highest BCUT2D eigenvalue weighted by atomic mass is 14.9. The van der Waals surface area contributed by atoms with E-state index in [1.54, 1.807) is 0 Å². The van der Waals surface area contributed by atoms with Crippen LogP contribution in [0.1, 0.15) is 43.4 Å². The van der Waals surface area contributed by atoms with Gasteiger partial charge in [0, 0.05) is 12.5 Å². The maximum Gasteiger partial charge on any atom is 0.0621 e. The molecule has 0 heterocycles. The third-order valence-electron chi connectivity index (χ3n) is 2.82. The molecule has 0 aliphatic heterocycles. The highest BCUT2D eigenvalue weighted by Crippen LogP contribution is 2.16. The highest BCUT2D eigenvalue weighted by Gasteiger charge is 2.05. The van der Waals surface area contributed by atoms with E-state index < -0.39 is 0 Å². The van der Waals surface area contributed by atoms with Crippen LogP contribution in [-0.2, 0) is 0 Å². The first-order chi connectivity index (χ1) is 7.75. The van der Waals surface area contributed by atoms with Crippen molar-refractivity contribution in [2.75, 3.05) is 6.54 Å². The molecule has 1 rings (SSSR count). The van der Waals surface area contributed by atoms with E-state index in [1.807, 2.05) is 0 Å². The monoisotopic (exact) mass is 216 g/mol. The molecule has 0 fully saturated rings. The first kappa shape index (κ1) is 12.7. The average Bonchev–Trinajstić information content (AvgIpc) is 2.29. The van der Waals surface area contributed by atoms with Gasteiger partial charge < -0.3 is 5.32 Å². The second-order valence-corrected chi connectivity index (χ2v) is 4.15. The molecule has 1 aromatic rings. The molecule has 2 heteroatoms. The number of aryl methyl sites for hydroxylation is 1. The largest absolute Gasteiger partial charge is 0.310 e. The van der Waals surface area contributed by atoms with Gasteiger partial charge in [-0.3, -0.25) is 0 Å². The van der Waals surface area contributed by atoms with Crippen LogP contribution >= 0.6 is 0 Å². The van der Waals surface area contributed by atoms with Crippen molar-refractivity contribution in [2.24, 2.45) is 0 Å². The summed E-state index contributed by atoms with van der Waals surface area (Å²) in [6.07, 6.45) is 2.73. The predicted molar refractivity (Wildman–Crippen MR) is 67.1 cm³/mol. The minimum absolute atomic E-state index is 0.392. The number of benzene rings is 1. The van der Waals surface area contributed by atoms with Crippen molar-refractivity contribution in [1.82, 2.24) is 5.32 Å². The van der Waals surface area contributed by atoms with Gasteiger partial charge in [0.25, 0.3) is 0 Å². The van der Waals surface area contributed by atoms with Gasteiger partial charge in [-0.1, -0.05) is 24.3 Å². The molecule has 0 amide bonds. The number of nitrogens with one attached hydrogen (secondary N) is 1. The zero-order valence-corrected chi connectivity index (χ0v) is 10.2. The van der Waals surface area contributed by atoms with E-state index in [4.69, 9.17) is 5.26 Å². The lowest BCUT2D eigenvalue weighted by Crippen LogP contribution is -2.20. The summed E-state index contributed by atoms with van der Waals surface area (Å²) in [5.74, 6) is 0. The van der Waals surface area contributed by atoms with E-state index in [-0.39, 0.29) is 0 Å². The summed E-state index contributed by atoms with van der Waals surface area (Å²) < 4.78 is 0. The lowest BCUT2D eigenvalue weighted by atomic mass is 10.0. The van der Waals surface area contributed by atoms with Crippen molar-refractivity contribution in [3.8, 4) is 6.07 Å². The summed E-state index contributed by atoms with van der Waals surface area (Å²) in [4.78, 5) is 0. The van der Waals surface area contributed by atoms with E-state index in [1.165, 1.54) is 11.1 Å². The van der Waals surface area contributed by atoms with Crippen LogP contribution in [0.25, 0.3) is 0 Å². The van der Waals surface area contributed by atoms with Gasteiger partial charge in [0.15, 0.2) is 0 Å². The summed E-state index contributed by atoms with van der Waals surface area (Å²) in [6, 6.07) is 11.0. The van der Waals surface area contributed by atoms with Gasteiger partial charge in [-0.2, -0.15) is 5.26 Å². The smallest absolute Gasteiger partial charge is 0.0621 e. The summed E-state index contributed by atoms with van der Waals surface area (Å²) in [6.45, 7) is 5.31. The summed E-state index contributed by atoms with van der Waals surface area (Å²) in [5.41, 5.74) is 2.70. The van der Waals surface area contributed by atoms with Crippen LogP contribution in [0.2, 0.25) is 0 Å². The molecule has 0 unspecified atom stereocenters. The first-order valence-corrected chi connectivity index (χ1v) is 5.91. The van der Waals surface area contributed by atoms with Gasteiger partial charge in [-0.05, 0) is 44.4 Å². The zero-order chi connectivity index (χ0) is 11.8. The Balaban J connectivity index is 2.33. The van der Waals surface area contributed by atoms with E-state index in [2.05, 4.69) is 49.5 Å². The van der Waals surface area contributed by atoms with Crippen LogP contribution in [0.4, 0.5) is 0 Å². The van der Waals surface area contributed by atoms with Crippen LogP contribution in [0.5, 0.6) is 0 Å². The Hall–Kier alpha value is -1.33. The molecule has 1 aromatic carbocycles. The van der Waals surface area contributed by atoms with Crippen LogP contribution in [0.3, 0.4) is 0 Å². The molecular formula is C14H20N2. The predicted octanol–water partition coefficient (Wildman–Crippen LogP) is 3.34. The maximum absolute atomic E-state index is 8.42. The molecule has 0 aromatic heterocycles. The quantitative estimate of drug-likeness (QED) is 0.740. The van der Waals surface area contributed by atoms with Crippen molar-refractivity contribution in [3.05, 3.63) is 35.4 Å². The Labute approximate surface area is 98.3 Å². The second kappa shape index (κ2) is 7.03. The second-order valence-electron chi connectivity index (χ2n) is 4.15. The maximum atomic E-state index is 8.42. The third-order valence-corrected chi connectivity index (χ3v) is 2.82. The standard InChI is InChI=1S/C14H20N2/c1-12-8-4-5-9-14(12)13(2)16-11-7-3-6-10-15/h4-5,8-9,13,16H,3,6-7,11H2,1-2H3/t13-/m1/s1. The van der Waals surface area contributed by atoms with E-state index in [0.29, 0.717) is 12.5 Å². The molecule has 1 N–H and O–H groups in total. The minimum Gasteiger partial charge on any atom is -0.310 e. The van der Waals surface area contributed by atoms with Crippen molar-refractivity contribution in [3.63, 3.8) is 0 Å². The molecule has 86 valence electrons. The minimum atomic E-state index is 0.392. The highest BCUT2D eigenvalue weighted by molar-refractivity contribution is 5.28. The van der Waals surface area contributed by atoms with Gasteiger partial charge in [-0.15, -0.1) is 0 Å². The van der Waals surface area contributed by atoms with Gasteiger partial charge in [0.1, 0.15) is 0 Å². The Morgan fingerprint density at radius 3 is 2.75 bits per heavy atom. The van der Waals surface area contributed by atoms with Gasteiger partial charge in [0.2, 0.25) is 0 Å². The molecular weight excluding hydrogens is 196 g/mol. The molecule has 0 spiro atoms. The fraction of sp³-hybridized carbons (Fsp3) is 0.500. The Morgan fingerprint density at radius 2 is 2.06 bits per heavy atom. The average molecular weight is 216 g/mol. The molecule has 16 heavy (non-hydrogen) atoms. The summed E-state index contributed by atoms with van der Waals surface area (Å²) in [7, 11) is 0. The Bertz CT molecular complexity index is 352. The SMILES string of the molecule is Cc1ccccc1[C@@H](C)NCCCCC#N. The lowest BCUT2D eigenvalue weighted by Gasteiger charge is -2.16. The van der Waals surface area contributed by atoms with Crippen LogP contribution < -0.4 is 5.32 Å². The molecule has 2 nitrogen and oxygen atoms in total. The fourth-order valence-corrected chi connectivity index (χ4v) is 1.83. The molecule has 0 saturated heterocycles. The number of nitrogens with zero attached hydrogens (tertiary/aromatic N) is 1. The molecule has 0 bridgehead atoms. The van der Waals surface area contributed by atoms with Crippen molar-refractivity contribution < 1.29 is 0 Å². The molecule has 0 saturated carbocycles. The molecule has 0 aliphatic rings. The number of nitriles is 1. The van der Waals surface area contributed by atoms with Crippen molar-refractivity contribution in [2.45, 2.75) is 39.2 Å². The fourth-order valence-electron chi connectivity index (χ4n) is 1.83. The first-order valence-electron chi connectivity index (χ1n) is 5.91. The van der Waals surface area contributed by atoms with Gasteiger partial charge >= 0.3 is 0 Å². The Morgan fingerprint density at radius 1 is 1.31 bits per heavy atom. The summed E-state index contributed by atoms with van der Waals surface area (Å²) >= 11 is 0. The van der Waals surface area contributed by atoms with E-state index in [0.717, 1.165) is 19.4 Å². The van der Waals surface area contributed by atoms with Crippen LogP contribution in [0, 0.1) is 18.3 Å². The number of rotatable bonds is 6. The van der Waals surface area contributed by atoms with Crippen molar-refractivity contribution in [1.29, 1.82) is 5.26 Å². The van der Waals surface area contributed by atoms with Crippen LogP contribution in [-0.4, -0.2) is 6.54 Å². The van der Waals surface area contributed by atoms with Crippen molar-refractivity contribution >= 4 is 0 Å². The molecule has 1 atom stereocenters. The molecule has 0 aliphatic carbocycles. The van der Waals surface area contributed by atoms with Gasteiger partial charge in [-0.25, -0.2) is 0 Å². The number of hydrogen-bond donors (Lipinski definition) is 1. The topological polar surface area (TPSA) is 35.8 Å². The zero-order valence-electron chi connectivity index (χ0n) is 10.2. The van der Waals surface area contributed by atoms with E-state index >= 15 is 0 Å². The summed E-state index contributed by atoms with van der Waals surface area (Å²) in [5, 5.41) is 11.9. The van der Waals surface area contributed by atoms with Gasteiger partial charge in [0.05, 0.1) is 6.07 Å². The lowest BCUT2D eigenvalue weighted by molar-refractivity contribution is 0.547. The normalized spacial score (nSPS) is 12.1. The number of unbranched alkanes of at least 4 members (excludes halogenated alkanes) is 2. The number of hydrogen-bond acceptors (Lipinski definition) is 2. The van der Waals surface area contributed by atoms with E-state index in [9.17, 15) is 0 Å². The third kappa shape index (κ3) is 4.04. The van der Waals surface area contributed by atoms with Crippen LogP contribution in [0.15, 0.2) is 24.3 Å². The molecule has 0 radical (unpaired) electrons.